The van der Waals surface area contributed by atoms with Crippen molar-refractivity contribution >= 4 is 5.91 Å². The fraction of sp³-hybridized carbons (Fsp3) is 0.500. The van der Waals surface area contributed by atoms with Crippen molar-refractivity contribution in [1.82, 2.24) is 14.9 Å². The van der Waals surface area contributed by atoms with Gasteiger partial charge in [0.2, 0.25) is 0 Å². The first-order valence-electron chi connectivity index (χ1n) is 5.09. The molecule has 1 N–H and O–H groups in total. The van der Waals surface area contributed by atoms with Gasteiger partial charge in [-0.1, -0.05) is 0 Å². The van der Waals surface area contributed by atoms with E-state index in [-0.39, 0.29) is 18.6 Å². The Balaban J connectivity index is 2.05. The molecule has 0 radical (unpaired) electrons. The molecule has 0 saturated carbocycles. The van der Waals surface area contributed by atoms with E-state index in [1.165, 1.54) is 18.6 Å². The summed E-state index contributed by atoms with van der Waals surface area (Å²) in [6.45, 7) is 1.28. The average Bonchev–Trinajstić information content (AvgIpc) is 2.39. The Morgan fingerprint density at radius 3 is 3.19 bits per heavy atom. The van der Waals surface area contributed by atoms with Crippen molar-refractivity contribution in [3.8, 4) is 0 Å². The van der Waals surface area contributed by atoms with Gasteiger partial charge in [0, 0.05) is 25.5 Å². The first kappa shape index (κ1) is 11.0. The molecule has 6 heteroatoms. The van der Waals surface area contributed by atoms with Crippen LogP contribution in [0.4, 0.5) is 0 Å². The van der Waals surface area contributed by atoms with E-state index in [0.29, 0.717) is 25.4 Å². The van der Waals surface area contributed by atoms with Gasteiger partial charge in [-0.3, -0.25) is 9.78 Å². The minimum atomic E-state index is -0.297. The lowest BCUT2D eigenvalue weighted by Gasteiger charge is -2.31. The fourth-order valence-corrected chi connectivity index (χ4v) is 1.59. The highest BCUT2D eigenvalue weighted by Gasteiger charge is 2.25. The van der Waals surface area contributed by atoms with Crippen molar-refractivity contribution in [2.75, 3.05) is 26.3 Å². The number of carbonyl (C=O) groups is 1. The molecule has 2 rings (SSSR count). The summed E-state index contributed by atoms with van der Waals surface area (Å²) in [5.41, 5.74) is 0.320. The molecular formula is C10H13N3O3. The van der Waals surface area contributed by atoms with Gasteiger partial charge in [0.1, 0.15) is 5.69 Å². The van der Waals surface area contributed by atoms with E-state index in [4.69, 9.17) is 9.84 Å². The molecule has 0 spiro atoms. The standard InChI is InChI=1S/C10H13N3O3/c14-7-8-6-13(3-4-16-8)10(15)9-5-11-1-2-12-9/h1-2,5,8,14H,3-4,6-7H2. The largest absolute Gasteiger partial charge is 0.394 e. The van der Waals surface area contributed by atoms with Crippen molar-refractivity contribution in [2.24, 2.45) is 0 Å². The van der Waals surface area contributed by atoms with Crippen molar-refractivity contribution in [2.45, 2.75) is 6.10 Å². The van der Waals surface area contributed by atoms with E-state index in [2.05, 4.69) is 9.97 Å². The molecule has 1 aromatic heterocycles. The number of morpholine rings is 1. The van der Waals surface area contributed by atoms with E-state index in [1.807, 2.05) is 0 Å². The number of rotatable bonds is 2. The van der Waals surface area contributed by atoms with Crippen molar-refractivity contribution in [3.05, 3.63) is 24.3 Å². The molecule has 1 atom stereocenters. The molecule has 0 aliphatic carbocycles. The van der Waals surface area contributed by atoms with Gasteiger partial charge < -0.3 is 14.7 Å². The van der Waals surface area contributed by atoms with Crippen LogP contribution in [-0.4, -0.2) is 58.3 Å². The van der Waals surface area contributed by atoms with Crippen LogP contribution in [0.15, 0.2) is 18.6 Å². The number of aliphatic hydroxyl groups is 1. The maximum atomic E-state index is 11.9. The predicted octanol–water partition coefficient (Wildman–Crippen LogP) is -0.690. The first-order chi connectivity index (χ1) is 7.81. The number of aliphatic hydroxyl groups excluding tert-OH is 1. The third-order valence-electron chi connectivity index (χ3n) is 2.41. The summed E-state index contributed by atoms with van der Waals surface area (Å²) in [6.07, 6.45) is 4.14. The SMILES string of the molecule is O=C(c1cnccn1)N1CCOC(CO)C1. The van der Waals surface area contributed by atoms with Crippen LogP contribution in [0, 0.1) is 0 Å². The smallest absolute Gasteiger partial charge is 0.274 e. The molecule has 0 aromatic carbocycles. The summed E-state index contributed by atoms with van der Waals surface area (Å²) in [5.74, 6) is -0.171. The number of hydrogen-bond acceptors (Lipinski definition) is 5. The molecule has 1 amide bonds. The molecule has 6 nitrogen and oxygen atoms in total. The molecule has 1 aromatic rings. The molecule has 16 heavy (non-hydrogen) atoms. The molecule has 2 heterocycles. The van der Waals surface area contributed by atoms with Gasteiger partial charge in [-0.15, -0.1) is 0 Å². The average molecular weight is 223 g/mol. The number of aromatic nitrogens is 2. The summed E-state index contributed by atoms with van der Waals surface area (Å²) in [4.78, 5) is 21.4. The third kappa shape index (κ3) is 2.34. The molecule has 86 valence electrons. The maximum absolute atomic E-state index is 11.9. The lowest BCUT2D eigenvalue weighted by Crippen LogP contribution is -2.47. The van der Waals surface area contributed by atoms with Crippen LogP contribution < -0.4 is 0 Å². The molecule has 1 unspecified atom stereocenters. The van der Waals surface area contributed by atoms with Crippen LogP contribution in [0.1, 0.15) is 10.5 Å². The Hall–Kier alpha value is -1.53. The minimum absolute atomic E-state index is 0.0791. The lowest BCUT2D eigenvalue weighted by molar-refractivity contribution is -0.0448. The Labute approximate surface area is 92.9 Å². The van der Waals surface area contributed by atoms with Crippen molar-refractivity contribution in [3.63, 3.8) is 0 Å². The van der Waals surface area contributed by atoms with Gasteiger partial charge in [0.15, 0.2) is 0 Å². The van der Waals surface area contributed by atoms with E-state index >= 15 is 0 Å². The van der Waals surface area contributed by atoms with Gasteiger partial charge in [-0.2, -0.15) is 0 Å². The Morgan fingerprint density at radius 2 is 2.50 bits per heavy atom. The van der Waals surface area contributed by atoms with Crippen LogP contribution >= 0.6 is 0 Å². The summed E-state index contributed by atoms with van der Waals surface area (Å²) in [7, 11) is 0. The van der Waals surface area contributed by atoms with E-state index in [0.717, 1.165) is 0 Å². The van der Waals surface area contributed by atoms with E-state index in [1.54, 1.807) is 4.90 Å². The van der Waals surface area contributed by atoms with Gasteiger partial charge >= 0.3 is 0 Å². The number of nitrogens with zero attached hydrogens (tertiary/aromatic N) is 3. The quantitative estimate of drug-likeness (QED) is 0.718. The van der Waals surface area contributed by atoms with E-state index < -0.39 is 0 Å². The zero-order valence-electron chi connectivity index (χ0n) is 8.74. The Kier molecular flexibility index (Phi) is 3.43. The zero-order chi connectivity index (χ0) is 11.4. The monoisotopic (exact) mass is 223 g/mol. The third-order valence-corrected chi connectivity index (χ3v) is 2.41. The first-order valence-corrected chi connectivity index (χ1v) is 5.09. The van der Waals surface area contributed by atoms with Crippen molar-refractivity contribution < 1.29 is 14.6 Å². The Morgan fingerprint density at radius 1 is 1.62 bits per heavy atom. The van der Waals surface area contributed by atoms with Gasteiger partial charge in [0.25, 0.3) is 5.91 Å². The highest BCUT2D eigenvalue weighted by molar-refractivity contribution is 5.92. The molecule has 1 aliphatic rings. The molecular weight excluding hydrogens is 210 g/mol. The summed E-state index contributed by atoms with van der Waals surface area (Å²) >= 11 is 0. The number of amides is 1. The van der Waals surface area contributed by atoms with Crippen LogP contribution in [0.25, 0.3) is 0 Å². The summed E-state index contributed by atoms with van der Waals surface area (Å²) in [5, 5.41) is 8.97. The highest BCUT2D eigenvalue weighted by Crippen LogP contribution is 2.08. The van der Waals surface area contributed by atoms with Gasteiger partial charge in [0.05, 0.1) is 25.5 Å². The fourth-order valence-electron chi connectivity index (χ4n) is 1.59. The maximum Gasteiger partial charge on any atom is 0.274 e. The lowest BCUT2D eigenvalue weighted by atomic mass is 10.2. The van der Waals surface area contributed by atoms with Gasteiger partial charge in [-0.05, 0) is 0 Å². The van der Waals surface area contributed by atoms with Crippen LogP contribution in [0.2, 0.25) is 0 Å². The minimum Gasteiger partial charge on any atom is -0.394 e. The van der Waals surface area contributed by atoms with Gasteiger partial charge in [-0.25, -0.2) is 4.98 Å². The van der Waals surface area contributed by atoms with Crippen molar-refractivity contribution in [1.29, 1.82) is 0 Å². The zero-order valence-corrected chi connectivity index (χ0v) is 8.74. The highest BCUT2D eigenvalue weighted by atomic mass is 16.5. The Bertz CT molecular complexity index is 358. The van der Waals surface area contributed by atoms with E-state index in [9.17, 15) is 4.79 Å². The second kappa shape index (κ2) is 5.00. The second-order valence-corrected chi connectivity index (χ2v) is 3.52. The topological polar surface area (TPSA) is 75.6 Å². The van der Waals surface area contributed by atoms with Crippen LogP contribution in [0.3, 0.4) is 0 Å². The summed E-state index contributed by atoms with van der Waals surface area (Å²) in [6, 6.07) is 0. The second-order valence-electron chi connectivity index (χ2n) is 3.52. The van der Waals surface area contributed by atoms with Crippen LogP contribution in [0.5, 0.6) is 0 Å². The van der Waals surface area contributed by atoms with Crippen LogP contribution in [-0.2, 0) is 4.74 Å². The normalized spacial score (nSPS) is 20.8. The number of hydrogen-bond donors (Lipinski definition) is 1. The molecule has 0 bridgehead atoms. The molecule has 1 fully saturated rings. The molecule has 1 aliphatic heterocycles. The summed E-state index contributed by atoms with van der Waals surface area (Å²) < 4.78 is 5.26. The molecule has 1 saturated heterocycles. The number of carbonyl (C=O) groups excluding carboxylic acids is 1. The predicted molar refractivity (Wildman–Crippen MR) is 54.8 cm³/mol. The number of ether oxygens (including phenoxy) is 1.